The van der Waals surface area contributed by atoms with Gasteiger partial charge in [-0.1, -0.05) is 18.2 Å². The molecule has 5 rings (SSSR count). The number of benzene rings is 2. The first kappa shape index (κ1) is 19.0. The third-order valence-corrected chi connectivity index (χ3v) is 5.34. The third kappa shape index (κ3) is 4.16. The lowest BCUT2D eigenvalue weighted by Crippen LogP contribution is -2.25. The minimum absolute atomic E-state index is 0.00222. The molecule has 0 atom stereocenters. The molecular formula is C22H22N8O. The molecule has 3 heterocycles. The van der Waals surface area contributed by atoms with E-state index in [0.717, 1.165) is 59.3 Å². The first-order valence-corrected chi connectivity index (χ1v) is 10.3. The minimum atomic E-state index is 0.00222. The molecule has 2 aromatic carbocycles. The fourth-order valence-corrected chi connectivity index (χ4v) is 3.77. The van der Waals surface area contributed by atoms with Crippen LogP contribution in [0.1, 0.15) is 19.3 Å². The minimum Gasteiger partial charge on any atom is -0.377 e. The number of amides is 1. The van der Waals surface area contributed by atoms with Crippen molar-refractivity contribution in [3.05, 3.63) is 54.7 Å². The Kier molecular flexibility index (Phi) is 5.14. The highest BCUT2D eigenvalue weighted by Gasteiger charge is 2.13. The van der Waals surface area contributed by atoms with E-state index < -0.39 is 0 Å². The molecule has 2 aromatic heterocycles. The smallest absolute Gasteiger partial charge is 0.226 e. The quantitative estimate of drug-likeness (QED) is 0.446. The summed E-state index contributed by atoms with van der Waals surface area (Å²) in [4.78, 5) is 14.6. The standard InChI is InChI=1S/C22H22N8O/c31-20(9-12-30-10-2-1-3-11-30)23-17-6-4-5-15(13-17)21-18-14-16(22-26-28-29-27-22)7-8-19(18)24-25-21/h2,4-8,10,13-14H,1,3,9,11-12H2,(H,23,31)(H,24,25)(H,26,27,28,29). The lowest BCUT2D eigenvalue weighted by atomic mass is 10.0. The molecular weight excluding hydrogens is 392 g/mol. The van der Waals surface area contributed by atoms with E-state index in [1.165, 1.54) is 0 Å². The fraction of sp³-hybridized carbons (Fsp3) is 0.227. The lowest BCUT2D eigenvalue weighted by Gasteiger charge is -2.22. The predicted molar refractivity (Wildman–Crippen MR) is 118 cm³/mol. The lowest BCUT2D eigenvalue weighted by molar-refractivity contribution is -0.116. The summed E-state index contributed by atoms with van der Waals surface area (Å²) in [5, 5.41) is 25.7. The summed E-state index contributed by atoms with van der Waals surface area (Å²) in [6, 6.07) is 13.6. The van der Waals surface area contributed by atoms with Gasteiger partial charge in [0.25, 0.3) is 0 Å². The van der Waals surface area contributed by atoms with Crippen molar-refractivity contribution in [1.82, 2.24) is 35.7 Å². The van der Waals surface area contributed by atoms with Gasteiger partial charge in [-0.2, -0.15) is 10.3 Å². The number of H-pyrrole nitrogens is 2. The average molecular weight is 414 g/mol. The van der Waals surface area contributed by atoms with Crippen molar-refractivity contribution in [3.8, 4) is 22.6 Å². The van der Waals surface area contributed by atoms with Gasteiger partial charge in [0.1, 0.15) is 0 Å². The fourth-order valence-electron chi connectivity index (χ4n) is 3.77. The van der Waals surface area contributed by atoms with E-state index in [1.807, 2.05) is 42.5 Å². The van der Waals surface area contributed by atoms with Gasteiger partial charge < -0.3 is 10.2 Å². The van der Waals surface area contributed by atoms with Gasteiger partial charge in [-0.05, 0) is 54.6 Å². The number of carbonyl (C=O) groups is 1. The molecule has 1 aliphatic heterocycles. The first-order valence-electron chi connectivity index (χ1n) is 10.3. The molecule has 0 saturated carbocycles. The number of nitrogens with one attached hydrogen (secondary N) is 3. The SMILES string of the molecule is O=C(CCN1C=CCCC1)Nc1cccc(-c2n[nH]c3ccc(-c4nn[nH]n4)cc23)c1. The van der Waals surface area contributed by atoms with Crippen molar-refractivity contribution < 1.29 is 4.79 Å². The normalized spacial score (nSPS) is 13.6. The Bertz CT molecular complexity index is 1230. The van der Waals surface area contributed by atoms with Crippen molar-refractivity contribution >= 4 is 22.5 Å². The van der Waals surface area contributed by atoms with Gasteiger partial charge in [-0.15, -0.1) is 10.2 Å². The van der Waals surface area contributed by atoms with Crippen LogP contribution in [0.25, 0.3) is 33.5 Å². The summed E-state index contributed by atoms with van der Waals surface area (Å²) in [5.74, 6) is 0.529. The molecule has 0 spiro atoms. The summed E-state index contributed by atoms with van der Waals surface area (Å²) < 4.78 is 0. The molecule has 3 N–H and O–H groups in total. The maximum absolute atomic E-state index is 12.4. The second-order valence-corrected chi connectivity index (χ2v) is 7.51. The molecule has 4 aromatic rings. The van der Waals surface area contributed by atoms with E-state index in [9.17, 15) is 4.79 Å². The monoisotopic (exact) mass is 414 g/mol. The Morgan fingerprint density at radius 1 is 1.13 bits per heavy atom. The molecule has 0 aliphatic carbocycles. The number of tetrazole rings is 1. The molecule has 0 fully saturated rings. The van der Waals surface area contributed by atoms with Gasteiger partial charge in [0.15, 0.2) is 0 Å². The van der Waals surface area contributed by atoms with Gasteiger partial charge in [0, 0.05) is 41.7 Å². The van der Waals surface area contributed by atoms with Crippen LogP contribution in [-0.4, -0.2) is 54.7 Å². The molecule has 9 nitrogen and oxygen atoms in total. The van der Waals surface area contributed by atoms with Crippen LogP contribution in [0.4, 0.5) is 5.69 Å². The van der Waals surface area contributed by atoms with Crippen LogP contribution in [0.5, 0.6) is 0 Å². The summed E-state index contributed by atoms with van der Waals surface area (Å²) in [6.45, 7) is 1.74. The van der Waals surface area contributed by atoms with Crippen LogP contribution >= 0.6 is 0 Å². The molecule has 0 saturated heterocycles. The molecule has 0 unspecified atom stereocenters. The van der Waals surface area contributed by atoms with E-state index in [4.69, 9.17) is 0 Å². The van der Waals surface area contributed by atoms with Crippen molar-refractivity contribution in [2.75, 3.05) is 18.4 Å². The molecule has 9 heteroatoms. The maximum Gasteiger partial charge on any atom is 0.226 e. The van der Waals surface area contributed by atoms with E-state index in [2.05, 4.69) is 53.3 Å². The molecule has 156 valence electrons. The van der Waals surface area contributed by atoms with Crippen molar-refractivity contribution in [1.29, 1.82) is 0 Å². The van der Waals surface area contributed by atoms with Crippen LogP contribution in [0.3, 0.4) is 0 Å². The number of rotatable bonds is 6. The molecule has 1 aliphatic rings. The zero-order valence-corrected chi connectivity index (χ0v) is 16.9. The highest BCUT2D eigenvalue weighted by Crippen LogP contribution is 2.30. The number of carbonyl (C=O) groups excluding carboxylic acids is 1. The first-order chi connectivity index (χ1) is 15.3. The summed E-state index contributed by atoms with van der Waals surface area (Å²) in [6.07, 6.45) is 6.96. The number of hydrogen-bond donors (Lipinski definition) is 3. The van der Waals surface area contributed by atoms with Crippen LogP contribution in [0, 0.1) is 0 Å². The number of aromatic nitrogens is 6. The van der Waals surface area contributed by atoms with Gasteiger partial charge in [-0.25, -0.2) is 0 Å². The zero-order valence-electron chi connectivity index (χ0n) is 16.9. The van der Waals surface area contributed by atoms with Gasteiger partial charge in [0.2, 0.25) is 11.7 Å². The van der Waals surface area contributed by atoms with Crippen molar-refractivity contribution in [3.63, 3.8) is 0 Å². The van der Waals surface area contributed by atoms with Crippen molar-refractivity contribution in [2.24, 2.45) is 0 Å². The van der Waals surface area contributed by atoms with Crippen LogP contribution < -0.4 is 5.32 Å². The highest BCUT2D eigenvalue weighted by atomic mass is 16.1. The largest absolute Gasteiger partial charge is 0.377 e. The topological polar surface area (TPSA) is 115 Å². The zero-order chi connectivity index (χ0) is 21.0. The second kappa shape index (κ2) is 8.39. The van der Waals surface area contributed by atoms with Gasteiger partial charge in [-0.3, -0.25) is 9.89 Å². The molecule has 0 bridgehead atoms. The number of nitrogens with zero attached hydrogens (tertiary/aromatic N) is 5. The second-order valence-electron chi connectivity index (χ2n) is 7.51. The Balaban J connectivity index is 1.34. The van der Waals surface area contributed by atoms with Crippen LogP contribution in [0.2, 0.25) is 0 Å². The molecule has 31 heavy (non-hydrogen) atoms. The number of hydrogen-bond acceptors (Lipinski definition) is 6. The predicted octanol–water partition coefficient (Wildman–Crippen LogP) is 3.35. The Morgan fingerprint density at radius 2 is 2.10 bits per heavy atom. The molecule has 0 radical (unpaired) electrons. The van der Waals surface area contributed by atoms with E-state index in [-0.39, 0.29) is 5.91 Å². The number of anilines is 1. The Hall–Kier alpha value is -4.01. The maximum atomic E-state index is 12.4. The van der Waals surface area contributed by atoms with E-state index in [0.29, 0.717) is 12.2 Å². The average Bonchev–Trinajstić information content (AvgIpc) is 3.48. The third-order valence-electron chi connectivity index (χ3n) is 5.34. The summed E-state index contributed by atoms with van der Waals surface area (Å²) >= 11 is 0. The Labute approximate surface area is 178 Å². The number of aromatic amines is 2. The summed E-state index contributed by atoms with van der Waals surface area (Å²) in [7, 11) is 0. The van der Waals surface area contributed by atoms with Crippen LogP contribution in [0.15, 0.2) is 54.7 Å². The number of fused-ring (bicyclic) bond motifs is 1. The number of allylic oxidation sites excluding steroid dienone is 1. The van der Waals surface area contributed by atoms with E-state index in [1.54, 1.807) is 0 Å². The van der Waals surface area contributed by atoms with Crippen LogP contribution in [-0.2, 0) is 4.79 Å². The highest BCUT2D eigenvalue weighted by molar-refractivity contribution is 5.97. The van der Waals surface area contributed by atoms with E-state index >= 15 is 0 Å². The van der Waals surface area contributed by atoms with Gasteiger partial charge in [0.05, 0.1) is 11.2 Å². The molecule has 1 amide bonds. The summed E-state index contributed by atoms with van der Waals surface area (Å²) in [5.41, 5.74) is 4.22. The van der Waals surface area contributed by atoms with Crippen molar-refractivity contribution in [2.45, 2.75) is 19.3 Å². The van der Waals surface area contributed by atoms with Gasteiger partial charge >= 0.3 is 0 Å². The Morgan fingerprint density at radius 3 is 2.94 bits per heavy atom.